The summed E-state index contributed by atoms with van der Waals surface area (Å²) in [5.74, 6) is 0.717. The van der Waals surface area contributed by atoms with E-state index in [1.54, 1.807) is 12.4 Å². The molecule has 0 spiro atoms. The van der Waals surface area contributed by atoms with E-state index < -0.39 is 0 Å². The van der Waals surface area contributed by atoms with Crippen LogP contribution in [0.25, 0.3) is 5.65 Å². The first-order chi connectivity index (χ1) is 10.8. The molecule has 0 saturated carbocycles. The average Bonchev–Trinajstić information content (AvgIpc) is 3.02. The van der Waals surface area contributed by atoms with Crippen LogP contribution in [0.4, 0.5) is 17.2 Å². The molecular weight excluding hydrogens is 278 g/mol. The molecule has 0 atom stereocenters. The highest BCUT2D eigenvalue weighted by molar-refractivity contribution is 5.71. The van der Waals surface area contributed by atoms with Crippen LogP contribution in [0.15, 0.2) is 49.1 Å². The Hall–Kier alpha value is -2.60. The van der Waals surface area contributed by atoms with Crippen LogP contribution >= 0.6 is 0 Å². The lowest BCUT2D eigenvalue weighted by Crippen LogP contribution is -2.26. The van der Waals surface area contributed by atoms with Gasteiger partial charge in [-0.05, 0) is 25.1 Å². The Labute approximate surface area is 129 Å². The van der Waals surface area contributed by atoms with Crippen molar-refractivity contribution in [2.24, 2.45) is 0 Å². The van der Waals surface area contributed by atoms with Crippen LogP contribution in [-0.2, 0) is 0 Å². The predicted molar refractivity (Wildman–Crippen MR) is 87.7 cm³/mol. The lowest BCUT2D eigenvalue weighted by atomic mass is 10.2. The molecule has 22 heavy (non-hydrogen) atoms. The zero-order valence-electron chi connectivity index (χ0n) is 12.5. The number of fused-ring (bicyclic) bond motifs is 1. The molecule has 2 heterocycles. The number of rotatable bonds is 6. The number of aliphatic hydroxyl groups is 1. The molecule has 0 amide bonds. The smallest absolute Gasteiger partial charge is 0.180 e. The van der Waals surface area contributed by atoms with Crippen LogP contribution in [0.3, 0.4) is 0 Å². The molecule has 0 bridgehead atoms. The van der Waals surface area contributed by atoms with Crippen molar-refractivity contribution >= 4 is 22.8 Å². The van der Waals surface area contributed by atoms with Crippen molar-refractivity contribution in [3.05, 3.63) is 49.1 Å². The van der Waals surface area contributed by atoms with E-state index in [1.807, 2.05) is 41.1 Å². The van der Waals surface area contributed by atoms with Gasteiger partial charge in [0.05, 0.1) is 6.61 Å². The summed E-state index contributed by atoms with van der Waals surface area (Å²) in [4.78, 5) is 10.8. The molecule has 0 aliphatic heterocycles. The molecule has 0 saturated heterocycles. The second-order valence-electron chi connectivity index (χ2n) is 4.91. The van der Waals surface area contributed by atoms with E-state index in [0.717, 1.165) is 29.4 Å². The molecule has 2 aromatic heterocycles. The Kier molecular flexibility index (Phi) is 4.20. The predicted octanol–water partition coefficient (Wildman–Crippen LogP) is 2.29. The number of nitrogens with one attached hydrogen (secondary N) is 1. The largest absolute Gasteiger partial charge is 0.395 e. The van der Waals surface area contributed by atoms with Crippen LogP contribution in [0, 0.1) is 0 Å². The minimum atomic E-state index is 0.139. The van der Waals surface area contributed by atoms with E-state index in [2.05, 4.69) is 27.1 Å². The average molecular weight is 297 g/mol. The molecule has 3 aromatic rings. The highest BCUT2D eigenvalue weighted by Gasteiger charge is 2.07. The summed E-state index contributed by atoms with van der Waals surface area (Å²) in [6.07, 6.45) is 7.24. The standard InChI is InChI=1S/C16H19N5O/c1-2-20(10-11-22)14-5-3-4-13(12-14)19-15-16-18-7-9-21(16)8-6-17-15/h3-9,12,22H,2,10-11H2,1H3,(H,17,19). The first-order valence-electron chi connectivity index (χ1n) is 7.32. The monoisotopic (exact) mass is 297 g/mol. The molecule has 0 aliphatic rings. The molecule has 2 N–H and O–H groups in total. The van der Waals surface area contributed by atoms with E-state index in [9.17, 15) is 0 Å². The quantitative estimate of drug-likeness (QED) is 0.731. The molecule has 0 unspecified atom stereocenters. The van der Waals surface area contributed by atoms with Gasteiger partial charge in [-0.1, -0.05) is 6.07 Å². The number of imidazole rings is 1. The van der Waals surface area contributed by atoms with Gasteiger partial charge < -0.3 is 19.7 Å². The van der Waals surface area contributed by atoms with E-state index in [1.165, 1.54) is 0 Å². The van der Waals surface area contributed by atoms with E-state index in [0.29, 0.717) is 6.54 Å². The lowest BCUT2D eigenvalue weighted by Gasteiger charge is -2.22. The van der Waals surface area contributed by atoms with Crippen LogP contribution in [0.2, 0.25) is 0 Å². The van der Waals surface area contributed by atoms with Gasteiger partial charge in [0.1, 0.15) is 0 Å². The Morgan fingerprint density at radius 2 is 2.05 bits per heavy atom. The highest BCUT2D eigenvalue weighted by atomic mass is 16.3. The molecule has 114 valence electrons. The summed E-state index contributed by atoms with van der Waals surface area (Å²) in [5.41, 5.74) is 2.80. The van der Waals surface area contributed by atoms with E-state index >= 15 is 0 Å². The van der Waals surface area contributed by atoms with Crippen LogP contribution in [0.1, 0.15) is 6.92 Å². The van der Waals surface area contributed by atoms with Gasteiger partial charge in [-0.2, -0.15) is 0 Å². The molecule has 0 fully saturated rings. The number of aliphatic hydroxyl groups excluding tert-OH is 1. The maximum Gasteiger partial charge on any atom is 0.180 e. The number of anilines is 3. The first kappa shape index (κ1) is 14.3. The summed E-state index contributed by atoms with van der Waals surface area (Å²) in [6, 6.07) is 8.06. The molecule has 0 radical (unpaired) electrons. The number of likely N-dealkylation sites (N-methyl/N-ethyl adjacent to an activating group) is 1. The summed E-state index contributed by atoms with van der Waals surface area (Å²) >= 11 is 0. The second-order valence-corrected chi connectivity index (χ2v) is 4.91. The minimum absolute atomic E-state index is 0.139. The molecular formula is C16H19N5O. The number of nitrogens with zero attached hydrogens (tertiary/aromatic N) is 4. The zero-order valence-corrected chi connectivity index (χ0v) is 12.5. The number of benzene rings is 1. The van der Waals surface area contributed by atoms with Crippen molar-refractivity contribution in [1.82, 2.24) is 14.4 Å². The summed E-state index contributed by atoms with van der Waals surface area (Å²) in [5, 5.41) is 12.5. The Bertz CT molecular complexity index is 755. The fraction of sp³-hybridized carbons (Fsp3) is 0.250. The second kappa shape index (κ2) is 6.44. The number of hydrogen-bond donors (Lipinski definition) is 2. The van der Waals surface area contributed by atoms with Crippen molar-refractivity contribution in [3.8, 4) is 0 Å². The SMILES string of the molecule is CCN(CCO)c1cccc(Nc2nccn3ccnc23)c1. The Morgan fingerprint density at radius 3 is 2.82 bits per heavy atom. The minimum Gasteiger partial charge on any atom is -0.395 e. The maximum absolute atomic E-state index is 9.15. The Balaban J connectivity index is 1.88. The van der Waals surface area contributed by atoms with Crippen molar-refractivity contribution in [3.63, 3.8) is 0 Å². The lowest BCUT2D eigenvalue weighted by molar-refractivity contribution is 0.302. The third kappa shape index (κ3) is 2.87. The molecule has 3 rings (SSSR count). The van der Waals surface area contributed by atoms with Gasteiger partial charge in [0, 0.05) is 49.3 Å². The fourth-order valence-corrected chi connectivity index (χ4v) is 2.45. The number of hydrogen-bond acceptors (Lipinski definition) is 5. The van der Waals surface area contributed by atoms with Gasteiger partial charge in [-0.15, -0.1) is 0 Å². The fourth-order valence-electron chi connectivity index (χ4n) is 2.45. The van der Waals surface area contributed by atoms with Crippen molar-refractivity contribution in [1.29, 1.82) is 0 Å². The molecule has 6 nitrogen and oxygen atoms in total. The zero-order chi connectivity index (χ0) is 15.4. The van der Waals surface area contributed by atoms with Gasteiger partial charge in [-0.3, -0.25) is 0 Å². The summed E-state index contributed by atoms with van der Waals surface area (Å²) in [6.45, 7) is 3.68. The van der Waals surface area contributed by atoms with Crippen molar-refractivity contribution < 1.29 is 5.11 Å². The van der Waals surface area contributed by atoms with E-state index in [-0.39, 0.29) is 6.61 Å². The maximum atomic E-state index is 9.15. The van der Waals surface area contributed by atoms with Crippen LogP contribution in [0.5, 0.6) is 0 Å². The molecule has 6 heteroatoms. The van der Waals surface area contributed by atoms with Crippen LogP contribution in [-0.4, -0.2) is 39.2 Å². The highest BCUT2D eigenvalue weighted by Crippen LogP contribution is 2.23. The van der Waals surface area contributed by atoms with Gasteiger partial charge in [0.15, 0.2) is 11.5 Å². The van der Waals surface area contributed by atoms with Crippen molar-refractivity contribution in [2.45, 2.75) is 6.92 Å². The third-order valence-corrected chi connectivity index (χ3v) is 3.54. The summed E-state index contributed by atoms with van der Waals surface area (Å²) in [7, 11) is 0. The van der Waals surface area contributed by atoms with E-state index in [4.69, 9.17) is 5.11 Å². The third-order valence-electron chi connectivity index (χ3n) is 3.54. The first-order valence-corrected chi connectivity index (χ1v) is 7.32. The topological polar surface area (TPSA) is 65.7 Å². The Morgan fingerprint density at radius 1 is 1.23 bits per heavy atom. The molecule has 1 aromatic carbocycles. The summed E-state index contributed by atoms with van der Waals surface area (Å²) < 4.78 is 1.92. The van der Waals surface area contributed by atoms with Crippen molar-refractivity contribution in [2.75, 3.05) is 29.9 Å². The normalized spacial score (nSPS) is 10.8. The van der Waals surface area contributed by atoms with Crippen LogP contribution < -0.4 is 10.2 Å². The number of aromatic nitrogens is 3. The van der Waals surface area contributed by atoms with Gasteiger partial charge in [-0.25, -0.2) is 9.97 Å². The van der Waals surface area contributed by atoms with Gasteiger partial charge >= 0.3 is 0 Å². The molecule has 0 aliphatic carbocycles. The van der Waals surface area contributed by atoms with Gasteiger partial charge in [0.2, 0.25) is 0 Å². The van der Waals surface area contributed by atoms with Gasteiger partial charge in [0.25, 0.3) is 0 Å².